The Bertz CT molecular complexity index is 582. The first kappa shape index (κ1) is 16.6. The van der Waals surface area contributed by atoms with E-state index in [1.54, 1.807) is 12.4 Å². The van der Waals surface area contributed by atoms with Crippen LogP contribution >= 0.6 is 0 Å². The highest BCUT2D eigenvalue weighted by atomic mass is 16.5. The Morgan fingerprint density at radius 3 is 2.40 bits per heavy atom. The number of hydrogen-bond acceptors (Lipinski definition) is 5. The van der Waals surface area contributed by atoms with E-state index in [4.69, 9.17) is 4.74 Å². The summed E-state index contributed by atoms with van der Waals surface area (Å²) < 4.78 is 5.92. The molecule has 0 N–H and O–H groups in total. The van der Waals surface area contributed by atoms with E-state index in [1.165, 1.54) is 0 Å². The molecule has 4 rings (SSSR count). The van der Waals surface area contributed by atoms with Gasteiger partial charge in [-0.2, -0.15) is 0 Å². The first-order chi connectivity index (χ1) is 12.3. The molecule has 0 saturated carbocycles. The molecule has 0 bridgehead atoms. The number of urea groups is 1. The van der Waals surface area contributed by atoms with Crippen LogP contribution in [0.5, 0.6) is 0 Å². The van der Waals surface area contributed by atoms with Gasteiger partial charge >= 0.3 is 6.03 Å². The molecule has 1 spiro atoms. The van der Waals surface area contributed by atoms with Crippen LogP contribution in [-0.2, 0) is 4.74 Å². The number of anilines is 1. The first-order valence-electron chi connectivity index (χ1n) is 9.39. The molecule has 7 nitrogen and oxygen atoms in total. The normalized spacial score (nSPS) is 23.8. The number of rotatable bonds is 1. The number of carbonyl (C=O) groups is 1. The number of piperidine rings is 1. The molecule has 0 atom stereocenters. The molecule has 4 heterocycles. The van der Waals surface area contributed by atoms with Gasteiger partial charge in [0.25, 0.3) is 0 Å². The number of nitrogens with zero attached hydrogens (tertiary/aromatic N) is 5. The molecule has 25 heavy (non-hydrogen) atoms. The molecule has 3 fully saturated rings. The molecular formula is C18H27N5O2. The zero-order valence-corrected chi connectivity index (χ0v) is 14.8. The monoisotopic (exact) mass is 345 g/mol. The van der Waals surface area contributed by atoms with Crippen LogP contribution in [0.2, 0.25) is 0 Å². The number of carbonyl (C=O) groups excluding carboxylic acids is 1. The van der Waals surface area contributed by atoms with Crippen molar-refractivity contribution in [1.29, 1.82) is 0 Å². The van der Waals surface area contributed by atoms with Crippen LogP contribution in [0.1, 0.15) is 25.7 Å². The third-order valence-corrected chi connectivity index (χ3v) is 5.75. The van der Waals surface area contributed by atoms with Gasteiger partial charge in [-0.15, -0.1) is 0 Å². The van der Waals surface area contributed by atoms with Gasteiger partial charge in [0.15, 0.2) is 0 Å². The van der Waals surface area contributed by atoms with Crippen molar-refractivity contribution in [3.8, 4) is 0 Å². The Labute approximate surface area is 149 Å². The number of likely N-dealkylation sites (tertiary alicyclic amines) is 2. The largest absolute Gasteiger partial charge is 0.379 e. The Hall–Kier alpha value is -1.89. The molecule has 0 aromatic carbocycles. The summed E-state index contributed by atoms with van der Waals surface area (Å²) in [5.41, 5.74) is 0.0947. The number of amides is 2. The summed E-state index contributed by atoms with van der Waals surface area (Å²) in [5.74, 6) is 0.781. The lowest BCUT2D eigenvalue weighted by molar-refractivity contribution is 0.0266. The molecule has 3 aliphatic heterocycles. The molecule has 7 heteroatoms. The van der Waals surface area contributed by atoms with Crippen LogP contribution in [-0.4, -0.2) is 78.3 Å². The van der Waals surface area contributed by atoms with Gasteiger partial charge in [0.2, 0.25) is 5.95 Å². The third kappa shape index (κ3) is 3.56. The van der Waals surface area contributed by atoms with E-state index in [1.807, 2.05) is 15.9 Å². The number of hydrogen-bond donors (Lipinski definition) is 0. The molecule has 2 amide bonds. The minimum Gasteiger partial charge on any atom is -0.379 e. The first-order valence-corrected chi connectivity index (χ1v) is 9.39. The van der Waals surface area contributed by atoms with Gasteiger partial charge in [-0.3, -0.25) is 0 Å². The zero-order valence-electron chi connectivity index (χ0n) is 14.8. The fraction of sp³-hybridized carbons (Fsp3) is 0.722. The lowest BCUT2D eigenvalue weighted by atomic mass is 9.78. The second-order valence-electron chi connectivity index (χ2n) is 7.49. The van der Waals surface area contributed by atoms with Crippen LogP contribution < -0.4 is 4.90 Å². The number of ether oxygens (including phenoxy) is 1. The zero-order chi connectivity index (χ0) is 17.1. The summed E-state index contributed by atoms with van der Waals surface area (Å²) in [6.45, 7) is 6.68. The van der Waals surface area contributed by atoms with Gasteiger partial charge in [-0.1, -0.05) is 0 Å². The van der Waals surface area contributed by atoms with Crippen molar-refractivity contribution in [2.45, 2.75) is 25.7 Å². The number of aromatic nitrogens is 2. The van der Waals surface area contributed by atoms with Gasteiger partial charge in [-0.05, 0) is 31.7 Å². The highest BCUT2D eigenvalue weighted by Crippen LogP contribution is 2.35. The summed E-state index contributed by atoms with van der Waals surface area (Å²) in [4.78, 5) is 27.7. The van der Waals surface area contributed by atoms with Gasteiger partial charge in [-0.25, -0.2) is 14.8 Å². The molecule has 136 valence electrons. The Morgan fingerprint density at radius 2 is 1.68 bits per heavy atom. The van der Waals surface area contributed by atoms with E-state index < -0.39 is 0 Å². The standard InChI is InChI=1S/C18H27N5O2/c24-17(21-8-1-2-9-21)22-10-4-18(5-11-22)14-23(12-13-25-15-18)16-19-6-3-7-20-16/h3,6-7H,1-2,4-5,8-15H2. The van der Waals surface area contributed by atoms with E-state index in [0.29, 0.717) is 6.61 Å². The van der Waals surface area contributed by atoms with Gasteiger partial charge in [0, 0.05) is 57.1 Å². The minimum atomic E-state index is 0.0947. The summed E-state index contributed by atoms with van der Waals surface area (Å²) in [6, 6.07) is 2.07. The molecule has 1 aromatic heterocycles. The predicted octanol–water partition coefficient (Wildman–Crippen LogP) is 1.61. The van der Waals surface area contributed by atoms with E-state index >= 15 is 0 Å². The maximum Gasteiger partial charge on any atom is 0.319 e. The Kier molecular flexibility index (Phi) is 4.74. The predicted molar refractivity (Wildman–Crippen MR) is 94.5 cm³/mol. The Balaban J connectivity index is 1.41. The van der Waals surface area contributed by atoms with E-state index in [2.05, 4.69) is 14.9 Å². The van der Waals surface area contributed by atoms with Crippen molar-refractivity contribution in [1.82, 2.24) is 19.8 Å². The van der Waals surface area contributed by atoms with Crippen molar-refractivity contribution in [3.05, 3.63) is 18.5 Å². The summed E-state index contributed by atoms with van der Waals surface area (Å²) in [7, 11) is 0. The molecule has 1 aromatic rings. The van der Waals surface area contributed by atoms with Crippen molar-refractivity contribution in [2.24, 2.45) is 5.41 Å². The fourth-order valence-electron chi connectivity index (χ4n) is 4.20. The quantitative estimate of drug-likeness (QED) is 0.774. The Morgan fingerprint density at radius 1 is 1.00 bits per heavy atom. The molecule has 3 aliphatic rings. The van der Waals surface area contributed by atoms with Crippen molar-refractivity contribution < 1.29 is 9.53 Å². The molecule has 0 aliphatic carbocycles. The SMILES string of the molecule is O=C(N1CCCC1)N1CCC2(CC1)COCCN(c1ncccn1)C2. The average molecular weight is 345 g/mol. The van der Waals surface area contributed by atoms with E-state index in [-0.39, 0.29) is 11.4 Å². The van der Waals surface area contributed by atoms with E-state index in [0.717, 1.165) is 77.5 Å². The van der Waals surface area contributed by atoms with Gasteiger partial charge in [0.1, 0.15) is 0 Å². The van der Waals surface area contributed by atoms with Gasteiger partial charge in [0.05, 0.1) is 13.2 Å². The smallest absolute Gasteiger partial charge is 0.319 e. The molecule has 0 radical (unpaired) electrons. The maximum absolute atomic E-state index is 12.6. The van der Waals surface area contributed by atoms with E-state index in [9.17, 15) is 4.79 Å². The molecule has 3 saturated heterocycles. The summed E-state index contributed by atoms with van der Waals surface area (Å²) >= 11 is 0. The average Bonchev–Trinajstić information content (AvgIpc) is 3.12. The van der Waals surface area contributed by atoms with Crippen LogP contribution in [0.25, 0.3) is 0 Å². The van der Waals surface area contributed by atoms with Gasteiger partial charge < -0.3 is 19.4 Å². The second-order valence-corrected chi connectivity index (χ2v) is 7.49. The topological polar surface area (TPSA) is 61.8 Å². The minimum absolute atomic E-state index is 0.0947. The van der Waals surface area contributed by atoms with Crippen LogP contribution in [0.15, 0.2) is 18.5 Å². The molecular weight excluding hydrogens is 318 g/mol. The molecule has 0 unspecified atom stereocenters. The van der Waals surface area contributed by atoms with Crippen LogP contribution in [0.4, 0.5) is 10.7 Å². The summed E-state index contributed by atoms with van der Waals surface area (Å²) in [5, 5.41) is 0. The fourth-order valence-corrected chi connectivity index (χ4v) is 4.20. The van der Waals surface area contributed by atoms with Crippen LogP contribution in [0.3, 0.4) is 0 Å². The third-order valence-electron chi connectivity index (χ3n) is 5.75. The lowest BCUT2D eigenvalue weighted by Gasteiger charge is -2.43. The van der Waals surface area contributed by atoms with Crippen molar-refractivity contribution >= 4 is 12.0 Å². The van der Waals surface area contributed by atoms with Crippen LogP contribution in [0, 0.1) is 5.41 Å². The second kappa shape index (κ2) is 7.15. The lowest BCUT2D eigenvalue weighted by Crippen LogP contribution is -2.51. The van der Waals surface area contributed by atoms with Crippen molar-refractivity contribution in [2.75, 3.05) is 57.4 Å². The highest BCUT2D eigenvalue weighted by molar-refractivity contribution is 5.74. The highest BCUT2D eigenvalue weighted by Gasteiger charge is 2.40. The summed E-state index contributed by atoms with van der Waals surface area (Å²) in [6.07, 6.45) is 7.83. The van der Waals surface area contributed by atoms with Crippen molar-refractivity contribution in [3.63, 3.8) is 0 Å². The maximum atomic E-state index is 12.6.